The fraction of sp³-hybridized carbons (Fsp3) is 0.154. The van der Waals surface area contributed by atoms with Crippen LogP contribution in [0.1, 0.15) is 12.8 Å². The highest BCUT2D eigenvalue weighted by atomic mass is 32.2. The SMILES string of the molecule is CCc1nc(NS(=O)(=O)c2cnn(-c3ccccc3)c2)no1. The number of hydrogen-bond acceptors (Lipinski definition) is 6. The van der Waals surface area contributed by atoms with Crippen LogP contribution in [-0.2, 0) is 16.4 Å². The highest BCUT2D eigenvalue weighted by Gasteiger charge is 2.19. The van der Waals surface area contributed by atoms with Gasteiger partial charge in [-0.1, -0.05) is 25.1 Å². The average molecular weight is 319 g/mol. The topological polar surface area (TPSA) is 103 Å². The molecule has 22 heavy (non-hydrogen) atoms. The lowest BCUT2D eigenvalue weighted by molar-refractivity contribution is 0.383. The molecule has 0 atom stereocenters. The second kappa shape index (κ2) is 5.60. The van der Waals surface area contributed by atoms with Crippen molar-refractivity contribution in [3.05, 3.63) is 48.6 Å². The quantitative estimate of drug-likeness (QED) is 0.766. The van der Waals surface area contributed by atoms with Gasteiger partial charge < -0.3 is 4.52 Å². The van der Waals surface area contributed by atoms with Crippen molar-refractivity contribution in [2.75, 3.05) is 4.72 Å². The fourth-order valence-corrected chi connectivity index (χ4v) is 2.65. The molecule has 0 aliphatic carbocycles. The van der Waals surface area contributed by atoms with Gasteiger partial charge in [0, 0.05) is 6.42 Å². The first-order valence-electron chi connectivity index (χ1n) is 6.54. The van der Waals surface area contributed by atoms with Gasteiger partial charge in [0.15, 0.2) is 0 Å². The molecule has 0 fully saturated rings. The molecule has 1 N–H and O–H groups in total. The van der Waals surface area contributed by atoms with Crippen LogP contribution < -0.4 is 4.72 Å². The molecule has 114 valence electrons. The highest BCUT2D eigenvalue weighted by molar-refractivity contribution is 7.92. The van der Waals surface area contributed by atoms with Crippen molar-refractivity contribution >= 4 is 16.0 Å². The van der Waals surface area contributed by atoms with Gasteiger partial charge in [-0.05, 0) is 17.3 Å². The molecule has 0 aliphatic rings. The maximum atomic E-state index is 12.3. The van der Waals surface area contributed by atoms with Crippen molar-refractivity contribution in [1.82, 2.24) is 19.9 Å². The minimum atomic E-state index is -3.81. The molecule has 8 nitrogen and oxygen atoms in total. The molecule has 9 heteroatoms. The molecule has 0 saturated heterocycles. The van der Waals surface area contributed by atoms with E-state index in [-0.39, 0.29) is 10.8 Å². The van der Waals surface area contributed by atoms with Crippen LogP contribution in [0.2, 0.25) is 0 Å². The number of anilines is 1. The molecule has 2 heterocycles. The van der Waals surface area contributed by atoms with Crippen molar-refractivity contribution in [2.24, 2.45) is 0 Å². The molecular weight excluding hydrogens is 306 g/mol. The van der Waals surface area contributed by atoms with Crippen LogP contribution in [0.3, 0.4) is 0 Å². The van der Waals surface area contributed by atoms with Crippen LogP contribution in [0.4, 0.5) is 5.95 Å². The van der Waals surface area contributed by atoms with Gasteiger partial charge in [0.1, 0.15) is 4.90 Å². The van der Waals surface area contributed by atoms with Crippen LogP contribution in [0.25, 0.3) is 5.69 Å². The van der Waals surface area contributed by atoms with Gasteiger partial charge in [0.05, 0.1) is 18.1 Å². The maximum Gasteiger partial charge on any atom is 0.277 e. The van der Waals surface area contributed by atoms with Gasteiger partial charge in [-0.25, -0.2) is 17.8 Å². The third kappa shape index (κ3) is 2.84. The zero-order valence-corrected chi connectivity index (χ0v) is 12.5. The van der Waals surface area contributed by atoms with Gasteiger partial charge in [-0.15, -0.1) is 0 Å². The Morgan fingerprint density at radius 1 is 1.27 bits per heavy atom. The Balaban J connectivity index is 1.85. The molecule has 1 aromatic carbocycles. The summed E-state index contributed by atoms with van der Waals surface area (Å²) in [7, 11) is -3.81. The van der Waals surface area contributed by atoms with E-state index in [1.165, 1.54) is 17.1 Å². The lowest BCUT2D eigenvalue weighted by atomic mass is 10.3. The van der Waals surface area contributed by atoms with E-state index >= 15 is 0 Å². The average Bonchev–Trinajstić information content (AvgIpc) is 3.17. The number of para-hydroxylation sites is 1. The summed E-state index contributed by atoms with van der Waals surface area (Å²) >= 11 is 0. The van der Waals surface area contributed by atoms with E-state index in [4.69, 9.17) is 4.52 Å². The van der Waals surface area contributed by atoms with Crippen LogP contribution in [0.5, 0.6) is 0 Å². The minimum absolute atomic E-state index is 0.0131. The van der Waals surface area contributed by atoms with Crippen LogP contribution in [-0.4, -0.2) is 28.3 Å². The van der Waals surface area contributed by atoms with Crippen molar-refractivity contribution in [3.8, 4) is 5.69 Å². The summed E-state index contributed by atoms with van der Waals surface area (Å²) in [5, 5.41) is 7.61. The molecule has 0 amide bonds. The number of nitrogens with one attached hydrogen (secondary N) is 1. The second-order valence-electron chi connectivity index (χ2n) is 4.43. The van der Waals surface area contributed by atoms with Crippen LogP contribution in [0, 0.1) is 0 Å². The van der Waals surface area contributed by atoms with Crippen molar-refractivity contribution < 1.29 is 12.9 Å². The van der Waals surface area contributed by atoms with Gasteiger partial charge in [0.2, 0.25) is 5.89 Å². The lowest BCUT2D eigenvalue weighted by Gasteiger charge is -2.01. The Labute approximate surface area is 126 Å². The van der Waals surface area contributed by atoms with E-state index < -0.39 is 10.0 Å². The molecule has 3 rings (SSSR count). The predicted octanol–water partition coefficient (Wildman–Crippen LogP) is 1.62. The van der Waals surface area contributed by atoms with Gasteiger partial charge in [-0.3, -0.25) is 0 Å². The number of rotatable bonds is 5. The highest BCUT2D eigenvalue weighted by Crippen LogP contribution is 2.15. The van der Waals surface area contributed by atoms with Crippen LogP contribution >= 0.6 is 0 Å². The first kappa shape index (κ1) is 14.3. The fourth-order valence-electron chi connectivity index (χ4n) is 1.79. The van der Waals surface area contributed by atoms with Gasteiger partial charge >= 0.3 is 0 Å². The Bertz CT molecular complexity index is 870. The largest absolute Gasteiger partial charge is 0.337 e. The first-order valence-corrected chi connectivity index (χ1v) is 8.02. The van der Waals surface area contributed by atoms with Gasteiger partial charge in [-0.2, -0.15) is 10.1 Å². The summed E-state index contributed by atoms with van der Waals surface area (Å²) in [6, 6.07) is 9.20. The first-order chi connectivity index (χ1) is 10.6. The van der Waals surface area contributed by atoms with Crippen molar-refractivity contribution in [2.45, 2.75) is 18.2 Å². The summed E-state index contributed by atoms with van der Waals surface area (Å²) in [6.07, 6.45) is 3.20. The number of nitrogens with zero attached hydrogens (tertiary/aromatic N) is 4. The molecule has 0 aliphatic heterocycles. The van der Waals surface area contributed by atoms with Crippen LogP contribution in [0.15, 0.2) is 52.1 Å². The lowest BCUT2D eigenvalue weighted by Crippen LogP contribution is -2.13. The third-order valence-electron chi connectivity index (χ3n) is 2.89. The number of benzene rings is 1. The molecule has 0 bridgehead atoms. The number of hydrogen-bond donors (Lipinski definition) is 1. The zero-order valence-electron chi connectivity index (χ0n) is 11.7. The second-order valence-corrected chi connectivity index (χ2v) is 6.11. The molecule has 3 aromatic rings. The summed E-state index contributed by atoms with van der Waals surface area (Å²) < 4.78 is 33.1. The number of aryl methyl sites for hydroxylation is 1. The third-order valence-corrected chi connectivity index (χ3v) is 4.17. The summed E-state index contributed by atoms with van der Waals surface area (Å²) in [6.45, 7) is 1.83. The summed E-state index contributed by atoms with van der Waals surface area (Å²) in [4.78, 5) is 3.92. The van der Waals surface area contributed by atoms with E-state index in [1.807, 2.05) is 37.3 Å². The monoisotopic (exact) mass is 319 g/mol. The van der Waals surface area contributed by atoms with Gasteiger partial charge in [0.25, 0.3) is 16.0 Å². The van der Waals surface area contributed by atoms with E-state index in [9.17, 15) is 8.42 Å². The Morgan fingerprint density at radius 2 is 2.05 bits per heavy atom. The van der Waals surface area contributed by atoms with Crippen molar-refractivity contribution in [1.29, 1.82) is 0 Å². The smallest absolute Gasteiger partial charge is 0.277 e. The minimum Gasteiger partial charge on any atom is -0.337 e. The number of aromatic nitrogens is 4. The Kier molecular flexibility index (Phi) is 3.63. The predicted molar refractivity (Wildman–Crippen MR) is 78.0 cm³/mol. The van der Waals surface area contributed by atoms with Crippen molar-refractivity contribution in [3.63, 3.8) is 0 Å². The Hall–Kier alpha value is -2.68. The van der Waals surface area contributed by atoms with E-state index in [0.717, 1.165) is 5.69 Å². The normalized spacial score (nSPS) is 11.5. The molecule has 0 radical (unpaired) electrons. The van der Waals surface area contributed by atoms with E-state index in [2.05, 4.69) is 20.0 Å². The molecular formula is C13H13N5O3S. The number of sulfonamides is 1. The molecule has 0 spiro atoms. The maximum absolute atomic E-state index is 12.3. The van der Waals surface area contributed by atoms with E-state index in [0.29, 0.717) is 12.3 Å². The van der Waals surface area contributed by atoms with E-state index in [1.54, 1.807) is 0 Å². The zero-order chi connectivity index (χ0) is 15.6. The Morgan fingerprint density at radius 3 is 2.73 bits per heavy atom. The molecule has 2 aromatic heterocycles. The summed E-state index contributed by atoms with van der Waals surface area (Å²) in [5.74, 6) is 0.266. The standard InChI is InChI=1S/C13H13N5O3S/c1-2-12-15-13(16-21-12)17-22(19,20)11-8-14-18(9-11)10-6-4-3-5-7-10/h3-9H,2H2,1H3,(H,16,17). The molecule has 0 unspecified atom stereocenters. The summed E-state index contributed by atoms with van der Waals surface area (Å²) in [5.41, 5.74) is 0.761. The molecule has 0 saturated carbocycles.